The van der Waals surface area contributed by atoms with Gasteiger partial charge in [-0.2, -0.15) is 0 Å². The third kappa shape index (κ3) is 9.66. The number of hydrogen-bond acceptors (Lipinski definition) is 3. The molecule has 2 aromatic rings. The fraction of sp³-hybridized carbons (Fsp3) is 0.478. The zero-order chi connectivity index (χ0) is 20.0. The van der Waals surface area contributed by atoms with Gasteiger partial charge < -0.3 is 14.7 Å². The maximum Gasteiger partial charge on any atom is 0.316 e. The Bertz CT molecular complexity index is 706. The van der Waals surface area contributed by atoms with E-state index < -0.39 is 8.25 Å². The predicted molar refractivity (Wildman–Crippen MR) is 117 cm³/mol. The topological polar surface area (TPSA) is 58.6 Å². The zero-order valence-corrected chi connectivity index (χ0v) is 18.0. The van der Waals surface area contributed by atoms with Crippen LogP contribution in [0.5, 0.6) is 0 Å². The van der Waals surface area contributed by atoms with Gasteiger partial charge in [0.15, 0.2) is 0 Å². The fourth-order valence-corrected chi connectivity index (χ4v) is 3.70. The van der Waals surface area contributed by atoms with Crippen LogP contribution >= 0.6 is 8.25 Å². The van der Waals surface area contributed by atoms with Crippen LogP contribution in [0.25, 0.3) is 0 Å². The van der Waals surface area contributed by atoms with E-state index in [2.05, 4.69) is 65.3 Å². The summed E-state index contributed by atoms with van der Waals surface area (Å²) in [6.07, 6.45) is 8.19. The zero-order valence-electron chi connectivity index (χ0n) is 17.0. The Labute approximate surface area is 170 Å². The second-order valence-electron chi connectivity index (χ2n) is 7.31. The van der Waals surface area contributed by atoms with Crippen molar-refractivity contribution in [3.63, 3.8) is 0 Å². The molecule has 0 bridgehead atoms. The van der Waals surface area contributed by atoms with Crippen molar-refractivity contribution in [3.8, 4) is 0 Å². The van der Waals surface area contributed by atoms with Gasteiger partial charge >= 0.3 is 8.25 Å². The summed E-state index contributed by atoms with van der Waals surface area (Å²) in [7, 11) is -2.79. The maximum atomic E-state index is 10.5. The Kier molecular flexibility index (Phi) is 11.2. The highest BCUT2D eigenvalue weighted by Crippen LogP contribution is 2.16. The lowest BCUT2D eigenvalue weighted by Crippen LogP contribution is -2.16. The van der Waals surface area contributed by atoms with Gasteiger partial charge in [0.2, 0.25) is 0 Å². The average molecular weight is 404 g/mol. The van der Waals surface area contributed by atoms with Gasteiger partial charge in [0, 0.05) is 6.54 Å². The molecule has 0 saturated heterocycles. The molecule has 0 fully saturated rings. The maximum absolute atomic E-state index is 10.5. The lowest BCUT2D eigenvalue weighted by molar-refractivity contribution is 0.276. The Morgan fingerprint density at radius 3 is 2.39 bits per heavy atom. The highest BCUT2D eigenvalue weighted by molar-refractivity contribution is 7.32. The predicted octanol–water partition coefficient (Wildman–Crippen LogP) is 5.22. The molecular formula is C23H34NO3P. The second kappa shape index (κ2) is 13.7. The molecular weight excluding hydrogens is 369 g/mol. The van der Waals surface area contributed by atoms with Gasteiger partial charge in [0.05, 0.1) is 6.61 Å². The molecule has 2 N–H and O–H groups in total. The van der Waals surface area contributed by atoms with E-state index >= 15 is 0 Å². The van der Waals surface area contributed by atoms with Crippen LogP contribution in [0.4, 0.5) is 0 Å². The molecule has 0 heterocycles. The molecule has 1 unspecified atom stereocenters. The van der Waals surface area contributed by atoms with E-state index in [4.69, 9.17) is 4.89 Å². The first-order valence-corrected chi connectivity index (χ1v) is 11.6. The number of benzene rings is 2. The number of aryl methyl sites for hydroxylation is 3. The second-order valence-corrected chi connectivity index (χ2v) is 8.13. The third-order valence-corrected chi connectivity index (χ3v) is 5.42. The summed E-state index contributed by atoms with van der Waals surface area (Å²) >= 11 is 0. The number of unbranched alkanes of at least 4 members (excludes halogenated alkanes) is 3. The summed E-state index contributed by atoms with van der Waals surface area (Å²) in [5.74, 6) is 0. The minimum Gasteiger partial charge on any atom is -0.326 e. The third-order valence-electron chi connectivity index (χ3n) is 4.96. The number of rotatable bonds is 14. The highest BCUT2D eigenvalue weighted by atomic mass is 31.1. The minimum absolute atomic E-state index is 0.324. The number of nitrogens with one attached hydrogen (secondary N) is 1. The van der Waals surface area contributed by atoms with E-state index in [0.29, 0.717) is 6.61 Å². The first-order chi connectivity index (χ1) is 13.6. The SMILES string of the molecule is Cc1cc(CNCCCO[PH](=O)O)ccc1CCCCCCc1ccccc1. The molecule has 4 nitrogen and oxygen atoms in total. The highest BCUT2D eigenvalue weighted by Gasteiger charge is 2.02. The van der Waals surface area contributed by atoms with Crippen LogP contribution in [0.2, 0.25) is 0 Å². The van der Waals surface area contributed by atoms with E-state index in [1.54, 1.807) is 0 Å². The first-order valence-electron chi connectivity index (χ1n) is 10.3. The molecule has 0 saturated carbocycles. The van der Waals surface area contributed by atoms with Gasteiger partial charge in [-0.05, 0) is 67.8 Å². The van der Waals surface area contributed by atoms with Crippen LogP contribution < -0.4 is 5.32 Å². The minimum atomic E-state index is -2.79. The summed E-state index contributed by atoms with van der Waals surface area (Å²) in [4.78, 5) is 8.60. The van der Waals surface area contributed by atoms with Crippen LogP contribution in [-0.4, -0.2) is 18.0 Å². The van der Waals surface area contributed by atoms with E-state index in [1.807, 2.05) is 0 Å². The normalized spacial score (nSPS) is 12.2. The van der Waals surface area contributed by atoms with E-state index in [9.17, 15) is 4.57 Å². The summed E-state index contributed by atoms with van der Waals surface area (Å²) in [5.41, 5.74) is 5.54. The summed E-state index contributed by atoms with van der Waals surface area (Å²) in [6.45, 7) is 4.11. The van der Waals surface area contributed by atoms with Crippen molar-refractivity contribution < 1.29 is 14.0 Å². The van der Waals surface area contributed by atoms with Crippen LogP contribution in [0.1, 0.15) is 54.4 Å². The fourth-order valence-electron chi connectivity index (χ4n) is 3.38. The van der Waals surface area contributed by atoms with Crippen LogP contribution in [0, 0.1) is 6.92 Å². The molecule has 0 aliphatic carbocycles. The molecule has 1 atom stereocenters. The quantitative estimate of drug-likeness (QED) is 0.335. The molecule has 154 valence electrons. The van der Waals surface area contributed by atoms with Crippen molar-refractivity contribution in [3.05, 3.63) is 70.8 Å². The number of hydrogen-bond donors (Lipinski definition) is 2. The van der Waals surface area contributed by atoms with Crippen molar-refractivity contribution in [2.24, 2.45) is 0 Å². The standard InChI is InChI=1S/C23H34NO3P/c1-20-18-22(19-24-16-9-17-27-28(25)26)14-15-23(20)13-8-3-2-5-10-21-11-6-4-7-12-21/h4,6-7,11-12,14-15,18,24,28H,2-3,5,8-10,13,16-17,19H2,1H3,(H,25,26). The summed E-state index contributed by atoms with van der Waals surface area (Å²) in [5, 5.41) is 3.35. The smallest absolute Gasteiger partial charge is 0.316 e. The van der Waals surface area contributed by atoms with Gasteiger partial charge in [0.1, 0.15) is 0 Å². The van der Waals surface area contributed by atoms with Gasteiger partial charge in [-0.15, -0.1) is 0 Å². The molecule has 0 spiro atoms. The molecule has 0 aliphatic heterocycles. The van der Waals surface area contributed by atoms with Crippen molar-refractivity contribution >= 4 is 8.25 Å². The van der Waals surface area contributed by atoms with Crippen molar-refractivity contribution in [1.82, 2.24) is 5.32 Å². The van der Waals surface area contributed by atoms with Crippen LogP contribution in [0.3, 0.4) is 0 Å². The molecule has 28 heavy (non-hydrogen) atoms. The van der Waals surface area contributed by atoms with Crippen molar-refractivity contribution in [2.45, 2.75) is 58.4 Å². The molecule has 0 aliphatic rings. The van der Waals surface area contributed by atoms with E-state index in [-0.39, 0.29) is 0 Å². The Morgan fingerprint density at radius 2 is 1.68 bits per heavy atom. The first kappa shape index (κ1) is 22.8. The molecule has 2 aromatic carbocycles. The van der Waals surface area contributed by atoms with Gasteiger partial charge in [-0.25, -0.2) is 0 Å². The molecule has 0 aromatic heterocycles. The Hall–Kier alpha value is -1.45. The summed E-state index contributed by atoms with van der Waals surface area (Å²) in [6, 6.07) is 17.5. The largest absolute Gasteiger partial charge is 0.326 e. The van der Waals surface area contributed by atoms with Crippen LogP contribution in [-0.2, 0) is 28.5 Å². The van der Waals surface area contributed by atoms with E-state index in [0.717, 1.165) is 25.9 Å². The van der Waals surface area contributed by atoms with Crippen molar-refractivity contribution in [1.29, 1.82) is 0 Å². The molecule has 2 rings (SSSR count). The lowest BCUT2D eigenvalue weighted by atomic mass is 9.99. The van der Waals surface area contributed by atoms with E-state index in [1.165, 1.54) is 54.4 Å². The van der Waals surface area contributed by atoms with Crippen LogP contribution in [0.15, 0.2) is 48.5 Å². The monoisotopic (exact) mass is 403 g/mol. The van der Waals surface area contributed by atoms with Crippen molar-refractivity contribution in [2.75, 3.05) is 13.2 Å². The van der Waals surface area contributed by atoms with Gasteiger partial charge in [-0.1, -0.05) is 61.4 Å². The lowest BCUT2D eigenvalue weighted by Gasteiger charge is -2.10. The van der Waals surface area contributed by atoms with Gasteiger partial charge in [-0.3, -0.25) is 4.57 Å². The average Bonchev–Trinajstić information content (AvgIpc) is 2.69. The molecule has 0 radical (unpaired) electrons. The van der Waals surface area contributed by atoms with Gasteiger partial charge in [0.25, 0.3) is 0 Å². The summed E-state index contributed by atoms with van der Waals surface area (Å²) < 4.78 is 15.1. The Morgan fingerprint density at radius 1 is 0.929 bits per heavy atom. The Balaban J connectivity index is 1.58. The molecule has 0 amide bonds. The molecule has 5 heteroatoms.